The molecule has 0 atom stereocenters. The Balaban J connectivity index is 1.38. The Hall–Kier alpha value is -4.89. The van der Waals surface area contributed by atoms with E-state index in [0.717, 1.165) is 6.33 Å². The van der Waals surface area contributed by atoms with Crippen molar-refractivity contribution in [3.8, 4) is 34.6 Å². The molecular weight excluding hydrogens is 584 g/mol. The van der Waals surface area contributed by atoms with Gasteiger partial charge in [-0.2, -0.15) is 4.98 Å². The van der Waals surface area contributed by atoms with Crippen molar-refractivity contribution >= 4 is 39.2 Å². The van der Waals surface area contributed by atoms with Crippen molar-refractivity contribution in [3.63, 3.8) is 0 Å². The third kappa shape index (κ3) is 6.64. The third-order valence-corrected chi connectivity index (χ3v) is 6.98. The van der Waals surface area contributed by atoms with E-state index in [2.05, 4.69) is 20.0 Å². The molecule has 16 heteroatoms. The molecule has 2 aromatic heterocycles. The van der Waals surface area contributed by atoms with Crippen molar-refractivity contribution in [1.29, 1.82) is 0 Å². The van der Waals surface area contributed by atoms with Gasteiger partial charge in [0.2, 0.25) is 12.5 Å². The average Bonchev–Trinajstić information content (AvgIpc) is 3.65. The van der Waals surface area contributed by atoms with Crippen LogP contribution >= 0.6 is 11.6 Å². The number of methoxy groups -OCH3 is 1. The van der Waals surface area contributed by atoms with E-state index in [1.54, 1.807) is 6.07 Å². The van der Waals surface area contributed by atoms with Gasteiger partial charge >= 0.3 is 6.09 Å². The lowest BCUT2D eigenvalue weighted by Crippen LogP contribution is -2.18. The minimum absolute atomic E-state index is 0.0210. The Morgan fingerprint density at radius 2 is 1.93 bits per heavy atom. The van der Waals surface area contributed by atoms with E-state index < -0.39 is 16.1 Å². The molecule has 0 fully saturated rings. The van der Waals surface area contributed by atoms with Gasteiger partial charge in [-0.05, 0) is 24.3 Å². The summed E-state index contributed by atoms with van der Waals surface area (Å²) in [5.41, 5.74) is 0.414. The van der Waals surface area contributed by atoms with Crippen LogP contribution in [0.4, 0.5) is 16.3 Å². The van der Waals surface area contributed by atoms with Crippen LogP contribution in [0.2, 0.25) is 5.02 Å². The van der Waals surface area contributed by atoms with E-state index in [9.17, 15) is 13.2 Å². The molecule has 14 nitrogen and oxygen atoms in total. The minimum Gasteiger partial charge on any atom is -0.497 e. The third-order valence-electron chi connectivity index (χ3n) is 5.33. The fourth-order valence-corrected chi connectivity index (χ4v) is 4.60. The normalized spacial score (nSPS) is 12.0. The van der Waals surface area contributed by atoms with E-state index in [4.69, 9.17) is 44.4 Å². The van der Waals surface area contributed by atoms with Gasteiger partial charge in [-0.3, -0.25) is 10.0 Å². The topological polar surface area (TPSA) is 170 Å². The number of amides is 1. The Morgan fingerprint density at radius 1 is 1.07 bits per heavy atom. The summed E-state index contributed by atoms with van der Waals surface area (Å²) >= 11 is 6.31. The maximum atomic E-state index is 13.3. The number of anilines is 2. The fourth-order valence-electron chi connectivity index (χ4n) is 3.42. The number of rotatable bonds is 11. The lowest BCUT2D eigenvalue weighted by molar-refractivity contribution is 0.135. The number of halogens is 1. The highest BCUT2D eigenvalue weighted by molar-refractivity contribution is 7.92. The molecule has 0 radical (unpaired) electrons. The average molecular weight is 605 g/mol. The van der Waals surface area contributed by atoms with Crippen molar-refractivity contribution in [2.24, 2.45) is 0 Å². The predicted octanol–water partition coefficient (Wildman–Crippen LogP) is 4.68. The molecule has 0 unspecified atom stereocenters. The Labute approximate surface area is 238 Å². The molecule has 0 spiro atoms. The number of ether oxygens (including phenoxy) is 6. The van der Waals surface area contributed by atoms with Crippen LogP contribution in [0.1, 0.15) is 0 Å². The maximum absolute atomic E-state index is 13.3. The van der Waals surface area contributed by atoms with Crippen LogP contribution in [-0.4, -0.2) is 51.6 Å². The number of carbonyl (C=O) groups is 1. The van der Waals surface area contributed by atoms with Gasteiger partial charge in [0.15, 0.2) is 17.3 Å². The minimum atomic E-state index is -4.21. The number of benzene rings is 2. The molecule has 2 aromatic carbocycles. The summed E-state index contributed by atoms with van der Waals surface area (Å²) in [5, 5.41) is 2.65. The zero-order valence-electron chi connectivity index (χ0n) is 21.2. The van der Waals surface area contributed by atoms with Crippen molar-refractivity contribution in [1.82, 2.24) is 9.97 Å². The Bertz CT molecular complexity index is 1650. The molecule has 2 N–H and O–H groups in total. The molecule has 1 aliphatic rings. The van der Waals surface area contributed by atoms with E-state index >= 15 is 0 Å². The van der Waals surface area contributed by atoms with Gasteiger partial charge in [0.25, 0.3) is 15.9 Å². The first-order valence-electron chi connectivity index (χ1n) is 11.7. The van der Waals surface area contributed by atoms with Crippen LogP contribution in [0.5, 0.6) is 34.6 Å². The van der Waals surface area contributed by atoms with Crippen molar-refractivity contribution in [3.05, 3.63) is 66.3 Å². The maximum Gasteiger partial charge on any atom is 0.411 e. The number of nitrogens with zero attached hydrogens (tertiary/aromatic N) is 2. The second-order valence-corrected chi connectivity index (χ2v) is 10.1. The Morgan fingerprint density at radius 3 is 2.73 bits per heavy atom. The first-order valence-corrected chi connectivity index (χ1v) is 13.6. The predicted molar refractivity (Wildman–Crippen MR) is 143 cm³/mol. The molecule has 5 rings (SSSR count). The first kappa shape index (κ1) is 27.7. The van der Waals surface area contributed by atoms with Gasteiger partial charge in [0.1, 0.15) is 37.3 Å². The van der Waals surface area contributed by atoms with Crippen molar-refractivity contribution < 1.29 is 46.1 Å². The molecule has 3 heterocycles. The van der Waals surface area contributed by atoms with E-state index in [1.807, 2.05) is 0 Å². The zero-order chi connectivity index (χ0) is 28.8. The number of aromatic nitrogens is 2. The molecule has 0 saturated carbocycles. The summed E-state index contributed by atoms with van der Waals surface area (Å²) < 4.78 is 66.3. The summed E-state index contributed by atoms with van der Waals surface area (Å²) in [5.74, 6) is 0.573. The lowest BCUT2D eigenvalue weighted by Gasteiger charge is -2.16. The highest BCUT2D eigenvalue weighted by Crippen LogP contribution is 2.41. The fraction of sp³-hybridized carbons (Fsp3) is 0.160. The molecule has 0 aliphatic carbocycles. The number of fused-ring (bicyclic) bond motifs is 1. The number of nitrogens with one attached hydrogen (secondary N) is 2. The van der Waals surface area contributed by atoms with E-state index in [1.165, 1.54) is 56.0 Å². The summed E-state index contributed by atoms with van der Waals surface area (Å²) in [6.45, 7) is -0.384. The lowest BCUT2D eigenvalue weighted by atomic mass is 10.3. The van der Waals surface area contributed by atoms with Crippen LogP contribution in [0.15, 0.2) is 70.6 Å². The SMILES string of the molecule is COc1ccc(Cl)c(Oc2c(NS(=O)(=O)c3ccc4c(c3)OCO4)ncnc2OCCOC(=O)Nc2ccoc2)c1. The second-order valence-electron chi connectivity index (χ2n) is 8.00. The Kier molecular flexibility index (Phi) is 8.16. The standard InChI is InChI=1S/C25H21ClN4O10S/c1-34-16-2-4-18(26)20(10-16)40-22-23(30-41(32,33)17-3-5-19-21(11-17)39-14-38-19)27-13-28-24(22)36-8-9-37-25(31)29-15-6-7-35-12-15/h2-7,10-13H,8-9,14H2,1H3,(H,29,31)(H,27,28,30). The van der Waals surface area contributed by atoms with E-state index in [-0.39, 0.29) is 58.9 Å². The van der Waals surface area contributed by atoms with Crippen molar-refractivity contribution in [2.45, 2.75) is 4.90 Å². The smallest absolute Gasteiger partial charge is 0.411 e. The highest BCUT2D eigenvalue weighted by atomic mass is 35.5. The largest absolute Gasteiger partial charge is 0.497 e. The molecule has 1 aliphatic heterocycles. The molecular formula is C25H21ClN4O10S. The number of hydrogen-bond donors (Lipinski definition) is 2. The summed E-state index contributed by atoms with van der Waals surface area (Å²) in [6.07, 6.45) is 3.05. The first-order chi connectivity index (χ1) is 19.8. The van der Waals surface area contributed by atoms with Gasteiger partial charge in [-0.25, -0.2) is 18.2 Å². The highest BCUT2D eigenvalue weighted by Gasteiger charge is 2.25. The van der Waals surface area contributed by atoms with Gasteiger partial charge in [0, 0.05) is 18.2 Å². The second kappa shape index (κ2) is 12.1. The molecule has 41 heavy (non-hydrogen) atoms. The van der Waals surface area contributed by atoms with Crippen LogP contribution in [-0.2, 0) is 14.8 Å². The number of hydrogen-bond acceptors (Lipinski definition) is 12. The van der Waals surface area contributed by atoms with Gasteiger partial charge in [-0.15, -0.1) is 0 Å². The summed E-state index contributed by atoms with van der Waals surface area (Å²) in [4.78, 5) is 19.9. The van der Waals surface area contributed by atoms with E-state index in [0.29, 0.717) is 17.2 Å². The number of sulfonamides is 1. The molecule has 1 amide bonds. The summed E-state index contributed by atoms with van der Waals surface area (Å²) in [7, 11) is -2.75. The monoisotopic (exact) mass is 604 g/mol. The molecule has 214 valence electrons. The quantitative estimate of drug-likeness (QED) is 0.227. The van der Waals surface area contributed by atoms with Gasteiger partial charge in [0.05, 0.1) is 29.0 Å². The van der Waals surface area contributed by atoms with Crippen molar-refractivity contribution in [2.75, 3.05) is 37.2 Å². The van der Waals surface area contributed by atoms with Crippen LogP contribution in [0.3, 0.4) is 0 Å². The zero-order valence-corrected chi connectivity index (χ0v) is 22.7. The molecule has 0 bridgehead atoms. The van der Waals surface area contributed by atoms with Gasteiger partial charge in [-0.1, -0.05) is 11.6 Å². The molecule has 4 aromatic rings. The number of carbonyl (C=O) groups excluding carboxylic acids is 1. The summed E-state index contributed by atoms with van der Waals surface area (Å²) in [6, 6.07) is 10.3. The van der Waals surface area contributed by atoms with Crippen LogP contribution < -0.4 is 33.7 Å². The van der Waals surface area contributed by atoms with Gasteiger partial charge < -0.3 is 32.8 Å². The van der Waals surface area contributed by atoms with Crippen LogP contribution in [0.25, 0.3) is 0 Å². The number of furan rings is 1. The molecule has 0 saturated heterocycles. The van der Waals surface area contributed by atoms with Crippen LogP contribution in [0, 0.1) is 0 Å².